The van der Waals surface area contributed by atoms with Crippen molar-refractivity contribution >= 4 is 28.2 Å². The maximum absolute atomic E-state index is 12.3. The van der Waals surface area contributed by atoms with Crippen molar-refractivity contribution in [1.29, 1.82) is 0 Å². The zero-order chi connectivity index (χ0) is 15.6. The van der Waals surface area contributed by atoms with Crippen LogP contribution >= 0.6 is 11.3 Å². The average Bonchev–Trinajstić information content (AvgIpc) is 2.76. The molecule has 1 atom stereocenters. The third-order valence-electron chi connectivity index (χ3n) is 4.35. The van der Waals surface area contributed by atoms with Gasteiger partial charge in [-0.1, -0.05) is 20.8 Å². The molecule has 1 heterocycles. The Morgan fingerprint density at radius 3 is 2.62 bits per heavy atom. The highest BCUT2D eigenvalue weighted by molar-refractivity contribution is 7.17. The number of amides is 2. The van der Waals surface area contributed by atoms with Crippen molar-refractivity contribution in [3.63, 3.8) is 0 Å². The van der Waals surface area contributed by atoms with Crippen molar-refractivity contribution in [3.05, 3.63) is 16.0 Å². The third-order valence-corrected chi connectivity index (χ3v) is 5.52. The van der Waals surface area contributed by atoms with Crippen LogP contribution in [0.3, 0.4) is 0 Å². The van der Waals surface area contributed by atoms with Crippen molar-refractivity contribution in [1.82, 2.24) is 0 Å². The van der Waals surface area contributed by atoms with E-state index in [-0.39, 0.29) is 11.8 Å². The van der Waals surface area contributed by atoms with Gasteiger partial charge in [0.2, 0.25) is 5.91 Å². The van der Waals surface area contributed by atoms with Gasteiger partial charge in [-0.25, -0.2) is 0 Å². The first-order valence-corrected chi connectivity index (χ1v) is 8.54. The summed E-state index contributed by atoms with van der Waals surface area (Å²) in [7, 11) is 0. The van der Waals surface area contributed by atoms with Crippen LogP contribution in [0.2, 0.25) is 0 Å². The van der Waals surface area contributed by atoms with E-state index in [1.807, 2.05) is 13.8 Å². The summed E-state index contributed by atoms with van der Waals surface area (Å²) in [5, 5.41) is 3.60. The van der Waals surface area contributed by atoms with Gasteiger partial charge in [0, 0.05) is 10.8 Å². The first-order chi connectivity index (χ1) is 9.97. The van der Waals surface area contributed by atoms with E-state index < -0.39 is 5.91 Å². The van der Waals surface area contributed by atoms with E-state index >= 15 is 0 Å². The van der Waals surface area contributed by atoms with E-state index in [1.54, 1.807) is 0 Å². The van der Waals surface area contributed by atoms with Gasteiger partial charge >= 0.3 is 0 Å². The standard InChI is InChI=1S/C16H24N2O2S/c1-4-10(5-2)15(20)18-16-13(14(17)19)11-7-6-9(3)8-12(11)21-16/h9-10H,4-8H2,1-3H3,(H2,17,19)(H,18,20)/t9-/m1/s1. The first-order valence-electron chi connectivity index (χ1n) is 7.73. The molecule has 2 amide bonds. The second kappa shape index (κ2) is 6.60. The summed E-state index contributed by atoms with van der Waals surface area (Å²) in [5.41, 5.74) is 7.15. The summed E-state index contributed by atoms with van der Waals surface area (Å²) in [5.74, 6) is 0.180. The van der Waals surface area contributed by atoms with Crippen molar-refractivity contribution in [2.24, 2.45) is 17.6 Å². The van der Waals surface area contributed by atoms with Crippen LogP contribution in [-0.2, 0) is 17.6 Å². The molecule has 1 aliphatic rings. The number of hydrogen-bond acceptors (Lipinski definition) is 3. The van der Waals surface area contributed by atoms with Crippen molar-refractivity contribution in [2.75, 3.05) is 5.32 Å². The summed E-state index contributed by atoms with van der Waals surface area (Å²) in [6, 6.07) is 0. The molecule has 116 valence electrons. The van der Waals surface area contributed by atoms with Gasteiger partial charge < -0.3 is 11.1 Å². The molecule has 0 bridgehead atoms. The third kappa shape index (κ3) is 3.28. The molecule has 0 fully saturated rings. The van der Waals surface area contributed by atoms with E-state index in [4.69, 9.17) is 5.73 Å². The van der Waals surface area contributed by atoms with Gasteiger partial charge in [0.05, 0.1) is 5.56 Å². The fraction of sp³-hybridized carbons (Fsp3) is 0.625. The molecular weight excluding hydrogens is 284 g/mol. The molecule has 1 aromatic rings. The first kappa shape index (κ1) is 16.0. The van der Waals surface area contributed by atoms with Crippen LogP contribution < -0.4 is 11.1 Å². The van der Waals surface area contributed by atoms with E-state index in [9.17, 15) is 9.59 Å². The minimum Gasteiger partial charge on any atom is -0.365 e. The highest BCUT2D eigenvalue weighted by atomic mass is 32.1. The second-order valence-electron chi connectivity index (χ2n) is 5.92. The Bertz CT molecular complexity index is 547. The lowest BCUT2D eigenvalue weighted by atomic mass is 9.88. The number of carbonyl (C=O) groups is 2. The molecule has 1 aromatic heterocycles. The average molecular weight is 308 g/mol. The summed E-state index contributed by atoms with van der Waals surface area (Å²) in [6.07, 6.45) is 4.53. The lowest BCUT2D eigenvalue weighted by Crippen LogP contribution is -2.23. The SMILES string of the molecule is CCC(CC)C(=O)Nc1sc2c(c1C(N)=O)CC[C@@H](C)C2. The lowest BCUT2D eigenvalue weighted by Gasteiger charge is -2.18. The fourth-order valence-corrected chi connectivity index (χ4v) is 4.39. The fourth-order valence-electron chi connectivity index (χ4n) is 2.97. The molecule has 0 aliphatic heterocycles. The van der Waals surface area contributed by atoms with Crippen LogP contribution in [0.25, 0.3) is 0 Å². The zero-order valence-corrected chi connectivity index (χ0v) is 13.8. The Morgan fingerprint density at radius 2 is 2.05 bits per heavy atom. The number of hydrogen-bond donors (Lipinski definition) is 2. The normalized spacial score (nSPS) is 17.6. The molecule has 0 aromatic carbocycles. The molecule has 21 heavy (non-hydrogen) atoms. The Labute approximate surface area is 130 Å². The molecule has 0 spiro atoms. The van der Waals surface area contributed by atoms with Gasteiger partial charge in [0.15, 0.2) is 0 Å². The minimum atomic E-state index is -0.429. The molecule has 0 radical (unpaired) electrons. The molecule has 5 heteroatoms. The van der Waals surface area contributed by atoms with E-state index in [2.05, 4.69) is 12.2 Å². The quantitative estimate of drug-likeness (QED) is 0.875. The number of primary amides is 1. The molecule has 3 N–H and O–H groups in total. The van der Waals surface area contributed by atoms with E-state index in [0.717, 1.165) is 37.7 Å². The Morgan fingerprint density at radius 1 is 1.38 bits per heavy atom. The van der Waals surface area contributed by atoms with Gasteiger partial charge in [-0.2, -0.15) is 0 Å². The maximum atomic E-state index is 12.3. The number of fused-ring (bicyclic) bond motifs is 1. The number of carbonyl (C=O) groups excluding carboxylic acids is 2. The maximum Gasteiger partial charge on any atom is 0.251 e. The second-order valence-corrected chi connectivity index (χ2v) is 7.03. The van der Waals surface area contributed by atoms with E-state index in [0.29, 0.717) is 16.5 Å². The van der Waals surface area contributed by atoms with Crippen molar-refractivity contribution < 1.29 is 9.59 Å². The van der Waals surface area contributed by atoms with Crippen molar-refractivity contribution in [3.8, 4) is 0 Å². The van der Waals surface area contributed by atoms with Gasteiger partial charge in [-0.05, 0) is 43.6 Å². The Balaban J connectivity index is 2.31. The smallest absolute Gasteiger partial charge is 0.251 e. The predicted molar refractivity (Wildman–Crippen MR) is 86.7 cm³/mol. The zero-order valence-electron chi connectivity index (χ0n) is 13.0. The summed E-state index contributed by atoms with van der Waals surface area (Å²) in [4.78, 5) is 25.3. The van der Waals surface area contributed by atoms with Gasteiger partial charge in [0.25, 0.3) is 5.91 Å². The van der Waals surface area contributed by atoms with Crippen LogP contribution in [0.1, 0.15) is 60.8 Å². The molecule has 0 saturated carbocycles. The largest absolute Gasteiger partial charge is 0.365 e. The van der Waals surface area contributed by atoms with Crippen LogP contribution in [0.15, 0.2) is 0 Å². The number of nitrogens with two attached hydrogens (primary N) is 1. The van der Waals surface area contributed by atoms with Crippen LogP contribution in [0, 0.1) is 11.8 Å². The highest BCUT2D eigenvalue weighted by Crippen LogP contribution is 2.39. The minimum absolute atomic E-state index is 0.00542. The number of nitrogens with one attached hydrogen (secondary N) is 1. The molecule has 0 unspecified atom stereocenters. The van der Waals surface area contributed by atoms with E-state index in [1.165, 1.54) is 16.2 Å². The summed E-state index contributed by atoms with van der Waals surface area (Å²) >= 11 is 1.53. The number of anilines is 1. The molecule has 4 nitrogen and oxygen atoms in total. The van der Waals surface area contributed by atoms with Crippen LogP contribution in [0.4, 0.5) is 5.00 Å². The molecule has 0 saturated heterocycles. The Kier molecular flexibility index (Phi) is 5.04. The molecule has 2 rings (SSSR count). The summed E-state index contributed by atoms with van der Waals surface area (Å²) in [6.45, 7) is 6.22. The highest BCUT2D eigenvalue weighted by Gasteiger charge is 2.28. The predicted octanol–water partition coefficient (Wildman–Crippen LogP) is 3.35. The molecular formula is C16H24N2O2S. The van der Waals surface area contributed by atoms with Crippen LogP contribution in [-0.4, -0.2) is 11.8 Å². The van der Waals surface area contributed by atoms with Gasteiger partial charge in [0.1, 0.15) is 5.00 Å². The summed E-state index contributed by atoms with van der Waals surface area (Å²) < 4.78 is 0. The van der Waals surface area contributed by atoms with Crippen molar-refractivity contribution in [2.45, 2.75) is 52.9 Å². The van der Waals surface area contributed by atoms with Gasteiger partial charge in [-0.3, -0.25) is 9.59 Å². The van der Waals surface area contributed by atoms with Gasteiger partial charge in [-0.15, -0.1) is 11.3 Å². The monoisotopic (exact) mass is 308 g/mol. The number of thiophene rings is 1. The number of rotatable bonds is 5. The van der Waals surface area contributed by atoms with Crippen LogP contribution in [0.5, 0.6) is 0 Å². The molecule has 1 aliphatic carbocycles. The topological polar surface area (TPSA) is 72.2 Å². The lowest BCUT2D eigenvalue weighted by molar-refractivity contribution is -0.120. The Hall–Kier alpha value is -1.36.